The molecule has 2 aromatic carbocycles. The van der Waals surface area contributed by atoms with Crippen molar-refractivity contribution in [3.05, 3.63) is 54.3 Å². The van der Waals surface area contributed by atoms with E-state index in [1.165, 1.54) is 17.0 Å². The summed E-state index contributed by atoms with van der Waals surface area (Å²) in [5.74, 6) is 0.556. The van der Waals surface area contributed by atoms with Gasteiger partial charge in [0.2, 0.25) is 0 Å². The first-order valence-corrected chi connectivity index (χ1v) is 8.87. The van der Waals surface area contributed by atoms with Crippen LogP contribution in [0.2, 0.25) is 0 Å². The molecule has 1 saturated heterocycles. The molecular formula is C20H25FN3O2+. The van der Waals surface area contributed by atoms with Crippen LogP contribution >= 0.6 is 0 Å². The van der Waals surface area contributed by atoms with E-state index in [4.69, 9.17) is 4.74 Å². The Kier molecular flexibility index (Phi) is 5.73. The van der Waals surface area contributed by atoms with Gasteiger partial charge in [-0.3, -0.25) is 4.79 Å². The van der Waals surface area contributed by atoms with E-state index in [1.54, 1.807) is 19.2 Å². The first-order valence-electron chi connectivity index (χ1n) is 8.87. The molecule has 0 saturated carbocycles. The van der Waals surface area contributed by atoms with E-state index >= 15 is 0 Å². The molecule has 1 aliphatic heterocycles. The number of amides is 1. The van der Waals surface area contributed by atoms with E-state index in [0.717, 1.165) is 43.3 Å². The van der Waals surface area contributed by atoms with Crippen LogP contribution in [0.4, 0.5) is 15.8 Å². The third-order valence-corrected chi connectivity index (χ3v) is 4.96. The van der Waals surface area contributed by atoms with Gasteiger partial charge in [-0.05, 0) is 55.5 Å². The van der Waals surface area contributed by atoms with Crippen LogP contribution in [-0.4, -0.2) is 45.2 Å². The van der Waals surface area contributed by atoms with Gasteiger partial charge >= 0.3 is 0 Å². The second kappa shape index (κ2) is 8.19. The molecule has 3 rings (SSSR count). The van der Waals surface area contributed by atoms with Crippen LogP contribution in [0.3, 0.4) is 0 Å². The molecule has 5 nitrogen and oxygen atoms in total. The van der Waals surface area contributed by atoms with Crippen molar-refractivity contribution in [1.82, 2.24) is 0 Å². The minimum atomic E-state index is -0.221. The Labute approximate surface area is 153 Å². The Hall–Kier alpha value is -2.60. The predicted octanol–water partition coefficient (Wildman–Crippen LogP) is 1.57. The van der Waals surface area contributed by atoms with Gasteiger partial charge in [0.15, 0.2) is 6.04 Å². The molecule has 2 N–H and O–H groups in total. The van der Waals surface area contributed by atoms with Gasteiger partial charge in [-0.2, -0.15) is 0 Å². The van der Waals surface area contributed by atoms with E-state index in [9.17, 15) is 9.18 Å². The maximum absolute atomic E-state index is 13.1. The molecule has 26 heavy (non-hydrogen) atoms. The van der Waals surface area contributed by atoms with Crippen molar-refractivity contribution in [1.29, 1.82) is 0 Å². The van der Waals surface area contributed by atoms with Crippen LogP contribution in [-0.2, 0) is 4.79 Å². The second-order valence-electron chi connectivity index (χ2n) is 6.56. The highest BCUT2D eigenvalue weighted by Crippen LogP contribution is 2.16. The van der Waals surface area contributed by atoms with Crippen molar-refractivity contribution in [2.75, 3.05) is 43.5 Å². The molecule has 2 aromatic rings. The summed E-state index contributed by atoms with van der Waals surface area (Å²) in [6, 6.07) is 13.8. The number of halogens is 1. The van der Waals surface area contributed by atoms with Crippen LogP contribution in [0.25, 0.3) is 0 Å². The first kappa shape index (κ1) is 18.2. The van der Waals surface area contributed by atoms with Crippen molar-refractivity contribution in [2.24, 2.45) is 0 Å². The Morgan fingerprint density at radius 2 is 1.73 bits per heavy atom. The molecule has 0 radical (unpaired) electrons. The summed E-state index contributed by atoms with van der Waals surface area (Å²) in [5, 5.41) is 2.97. The Morgan fingerprint density at radius 1 is 1.12 bits per heavy atom. The van der Waals surface area contributed by atoms with Crippen LogP contribution < -0.4 is 19.9 Å². The number of ether oxygens (including phenoxy) is 1. The van der Waals surface area contributed by atoms with Gasteiger partial charge in [0.05, 0.1) is 33.3 Å². The lowest BCUT2D eigenvalue weighted by molar-refractivity contribution is -0.914. The average molecular weight is 358 g/mol. The molecule has 1 atom stereocenters. The third kappa shape index (κ3) is 4.32. The summed E-state index contributed by atoms with van der Waals surface area (Å²) in [6.07, 6.45) is 0. The number of carbonyl (C=O) groups is 1. The normalized spacial score (nSPS) is 16.2. The number of rotatable bonds is 5. The lowest BCUT2D eigenvalue weighted by Crippen LogP contribution is -3.19. The van der Waals surface area contributed by atoms with Crippen molar-refractivity contribution in [2.45, 2.75) is 13.0 Å². The summed E-state index contributed by atoms with van der Waals surface area (Å²) in [6.45, 7) is 5.40. The minimum Gasteiger partial charge on any atom is -0.497 e. The molecule has 138 valence electrons. The highest BCUT2D eigenvalue weighted by molar-refractivity contribution is 5.93. The first-order chi connectivity index (χ1) is 12.6. The number of anilines is 2. The summed E-state index contributed by atoms with van der Waals surface area (Å²) in [4.78, 5) is 16.0. The predicted molar refractivity (Wildman–Crippen MR) is 100 cm³/mol. The zero-order valence-electron chi connectivity index (χ0n) is 15.2. The van der Waals surface area contributed by atoms with Crippen LogP contribution in [0.15, 0.2) is 48.5 Å². The molecule has 1 amide bonds. The third-order valence-electron chi connectivity index (χ3n) is 4.96. The number of hydrogen-bond donors (Lipinski definition) is 2. The number of quaternary nitrogens is 1. The van der Waals surface area contributed by atoms with Gasteiger partial charge in [-0.1, -0.05) is 0 Å². The van der Waals surface area contributed by atoms with E-state index in [-0.39, 0.29) is 17.8 Å². The molecule has 0 spiro atoms. The second-order valence-corrected chi connectivity index (χ2v) is 6.56. The standard InChI is InChI=1S/C20H24FN3O2/c1-15(20(25)22-17-5-9-19(26-2)10-6-17)23-11-13-24(14-12-23)18-7-3-16(21)4-8-18/h3-10,15H,11-14H2,1-2H3,(H,22,25)/p+1/t15-/m1/s1. The van der Waals surface area contributed by atoms with E-state index < -0.39 is 0 Å². The fourth-order valence-electron chi connectivity index (χ4n) is 3.25. The van der Waals surface area contributed by atoms with Gasteiger partial charge in [0.1, 0.15) is 11.6 Å². The monoisotopic (exact) mass is 358 g/mol. The molecule has 0 aliphatic carbocycles. The lowest BCUT2D eigenvalue weighted by atomic mass is 10.2. The van der Waals surface area contributed by atoms with Crippen molar-refractivity contribution in [3.63, 3.8) is 0 Å². The van der Waals surface area contributed by atoms with Crippen LogP contribution in [0.5, 0.6) is 5.75 Å². The van der Waals surface area contributed by atoms with Crippen molar-refractivity contribution in [3.8, 4) is 5.75 Å². The fraction of sp³-hybridized carbons (Fsp3) is 0.350. The summed E-state index contributed by atoms with van der Waals surface area (Å²) in [5.41, 5.74) is 1.80. The lowest BCUT2D eigenvalue weighted by Gasteiger charge is -2.36. The number of benzene rings is 2. The topological polar surface area (TPSA) is 46.0 Å². The highest BCUT2D eigenvalue weighted by Gasteiger charge is 2.29. The highest BCUT2D eigenvalue weighted by atomic mass is 19.1. The van der Waals surface area contributed by atoms with Gasteiger partial charge in [-0.25, -0.2) is 4.39 Å². The molecule has 0 unspecified atom stereocenters. The molecule has 1 fully saturated rings. The van der Waals surface area contributed by atoms with Gasteiger partial charge < -0.3 is 19.9 Å². The maximum atomic E-state index is 13.1. The smallest absolute Gasteiger partial charge is 0.282 e. The van der Waals surface area contributed by atoms with Crippen molar-refractivity contribution < 1.29 is 18.8 Å². The van der Waals surface area contributed by atoms with Gasteiger partial charge in [-0.15, -0.1) is 0 Å². The van der Waals surface area contributed by atoms with E-state index in [0.29, 0.717) is 0 Å². The molecular weight excluding hydrogens is 333 g/mol. The van der Waals surface area contributed by atoms with Gasteiger partial charge in [0.25, 0.3) is 5.91 Å². The molecule has 1 aliphatic rings. The number of piperazine rings is 1. The fourth-order valence-corrected chi connectivity index (χ4v) is 3.25. The zero-order chi connectivity index (χ0) is 18.5. The Morgan fingerprint density at radius 3 is 2.31 bits per heavy atom. The SMILES string of the molecule is COc1ccc(NC(=O)[C@@H](C)[NH+]2CCN(c3ccc(F)cc3)CC2)cc1. The Balaban J connectivity index is 1.52. The minimum absolute atomic E-state index is 0.0143. The number of carbonyl (C=O) groups excluding carboxylic acids is 1. The maximum Gasteiger partial charge on any atom is 0.282 e. The van der Waals surface area contributed by atoms with Crippen LogP contribution in [0, 0.1) is 5.82 Å². The van der Waals surface area contributed by atoms with Crippen molar-refractivity contribution >= 4 is 17.3 Å². The van der Waals surface area contributed by atoms with E-state index in [2.05, 4.69) is 10.2 Å². The average Bonchev–Trinajstić information content (AvgIpc) is 2.69. The number of nitrogens with zero attached hydrogens (tertiary/aromatic N) is 1. The summed E-state index contributed by atoms with van der Waals surface area (Å²) < 4.78 is 18.2. The quantitative estimate of drug-likeness (QED) is 0.853. The number of hydrogen-bond acceptors (Lipinski definition) is 3. The molecule has 1 heterocycles. The van der Waals surface area contributed by atoms with Gasteiger partial charge in [0, 0.05) is 11.4 Å². The molecule has 0 aromatic heterocycles. The molecule has 6 heteroatoms. The number of methoxy groups -OCH3 is 1. The number of nitrogens with one attached hydrogen (secondary N) is 2. The Bertz CT molecular complexity index is 726. The summed E-state index contributed by atoms with van der Waals surface area (Å²) in [7, 11) is 1.62. The zero-order valence-corrected chi connectivity index (χ0v) is 15.2. The van der Waals surface area contributed by atoms with Crippen LogP contribution in [0.1, 0.15) is 6.92 Å². The molecule has 0 bridgehead atoms. The van der Waals surface area contributed by atoms with E-state index in [1.807, 2.05) is 31.2 Å². The summed E-state index contributed by atoms with van der Waals surface area (Å²) >= 11 is 0. The largest absolute Gasteiger partial charge is 0.497 e.